The van der Waals surface area contributed by atoms with Crippen LogP contribution in [0.15, 0.2) is 352 Å². The quantitative estimate of drug-likeness (QED) is 0.175. The third-order valence-electron chi connectivity index (χ3n) is 22.1. The Morgan fingerprint density at radius 1 is 0.229 bits per heavy atom. The first-order chi connectivity index (χ1) is 52.0. The number of hydrogen-bond donors (Lipinski definition) is 1. The lowest BCUT2D eigenvalue weighted by atomic mass is 9.99. The van der Waals surface area contributed by atoms with Crippen molar-refractivity contribution < 1.29 is 0 Å². The Morgan fingerprint density at radius 2 is 0.629 bits per heavy atom. The Kier molecular flexibility index (Phi) is 13.0. The van der Waals surface area contributed by atoms with Crippen molar-refractivity contribution in [2.75, 3.05) is 0 Å². The average molecular weight is 1360 g/mol. The fourth-order valence-electron chi connectivity index (χ4n) is 17.5. The molecule has 0 spiro atoms. The van der Waals surface area contributed by atoms with Crippen molar-refractivity contribution in [1.82, 2.24) is 28.7 Å². The van der Waals surface area contributed by atoms with E-state index < -0.39 is 0 Å². The van der Waals surface area contributed by atoms with Crippen molar-refractivity contribution in [3.05, 3.63) is 357 Å². The van der Waals surface area contributed by atoms with E-state index in [-0.39, 0.29) is 0 Å². The molecule has 16 aromatic carbocycles. The summed E-state index contributed by atoms with van der Waals surface area (Å²) < 4.78 is 7.14. The van der Waals surface area contributed by atoms with Crippen molar-refractivity contribution in [3.63, 3.8) is 0 Å². The highest BCUT2D eigenvalue weighted by atomic mass is 35.5. The molecule has 0 atom stereocenters. The fourth-order valence-corrected chi connectivity index (χ4v) is 17.7. The Labute approximate surface area is 607 Å². The number of nitrogens with one attached hydrogen (secondary N) is 1. The Morgan fingerprint density at radius 3 is 1.20 bits per heavy atom. The maximum atomic E-state index is 6.08. The predicted octanol–water partition coefficient (Wildman–Crippen LogP) is 26.7. The Bertz CT molecular complexity index is 7420. The molecule has 488 valence electrons. The molecule has 2 aliphatic carbocycles. The molecule has 6 heterocycles. The van der Waals surface area contributed by atoms with Gasteiger partial charge in [0.15, 0.2) is 0 Å². The van der Waals surface area contributed by atoms with Gasteiger partial charge in [0.25, 0.3) is 0 Å². The zero-order valence-electron chi connectivity index (χ0n) is 56.6. The molecule has 2 aliphatic rings. The Hall–Kier alpha value is -13.7. The van der Waals surface area contributed by atoms with E-state index in [1.54, 1.807) is 0 Å². The SMILES string of the molecule is Clc1cc2c3c(cccc3n1)-c1ccccc1-2.c1ccc(-n2c3ccc(-c4ccc5[nH]c6ccccc6c5c4)cc3c3c4ccccc4ccc32)cc1.c1ccc(-n2c3ccc(-c4ccc5c(c4)c4ccccc4n5-c4cc5c6c(cccc6n4)-c4ccccc4-5)cc3c3c4ccccc4ccc32)cc1. The van der Waals surface area contributed by atoms with Gasteiger partial charge in [0, 0.05) is 76.3 Å². The van der Waals surface area contributed by atoms with Gasteiger partial charge in [0.1, 0.15) is 11.0 Å². The molecule has 22 aromatic rings. The second-order valence-electron chi connectivity index (χ2n) is 27.7. The zero-order valence-corrected chi connectivity index (χ0v) is 57.4. The topological polar surface area (TPSA) is 56.4 Å². The van der Waals surface area contributed by atoms with E-state index in [2.05, 4.69) is 357 Å². The molecule has 0 amide bonds. The molecule has 6 aromatic heterocycles. The molecule has 0 saturated carbocycles. The highest BCUT2D eigenvalue weighted by Crippen LogP contribution is 2.50. The van der Waals surface area contributed by atoms with Gasteiger partial charge >= 0.3 is 0 Å². The van der Waals surface area contributed by atoms with Gasteiger partial charge in [-0.1, -0.05) is 242 Å². The molecule has 0 radical (unpaired) electrons. The number of nitrogens with zero attached hydrogens (tertiary/aromatic N) is 5. The van der Waals surface area contributed by atoms with Crippen LogP contribution in [0, 0.1) is 0 Å². The maximum Gasteiger partial charge on any atom is 0.138 e. The molecule has 0 unspecified atom stereocenters. The van der Waals surface area contributed by atoms with Gasteiger partial charge in [-0.25, -0.2) is 9.97 Å². The van der Waals surface area contributed by atoms with E-state index in [9.17, 15) is 0 Å². The molecular weight excluding hydrogens is 1300 g/mol. The first-order valence-electron chi connectivity index (χ1n) is 35.8. The average Bonchev–Trinajstić information content (AvgIpc) is 1.58. The van der Waals surface area contributed by atoms with Crippen LogP contribution in [-0.2, 0) is 0 Å². The van der Waals surface area contributed by atoms with E-state index in [0.29, 0.717) is 5.15 Å². The summed E-state index contributed by atoms with van der Waals surface area (Å²) in [5.74, 6) is 0.942. The minimum atomic E-state index is 0.557. The standard InChI is InChI=1S/C49H29N3.C34H22N2.C15H8ClN/c1-2-12-33(13-3-1)51-45-25-23-32(28-41(45)49-34-14-5-4-11-30(34)21-26-46(49)51)31-22-24-44-39(27-31)37-17-8-9-20-43(37)52(44)47-29-40-36-16-7-6-15-35(36)38-18-10-19-42(50-47)48(38)40;1-2-9-25(10-3-1)36-32-18-16-24(21-29(32)34-26-11-5-4-8-22(26)15-19-33(34)36)23-14-17-31-28(20-23)27-12-6-7-13-30(27)35-31;16-14-8-12-10-5-2-1-4-9(10)11-6-3-7-13(17-14)15(11)12/h1-29H;1-21,35H;1-8H. The van der Waals surface area contributed by atoms with Crippen LogP contribution >= 0.6 is 11.6 Å². The third kappa shape index (κ3) is 9.10. The van der Waals surface area contributed by atoms with Crippen LogP contribution in [0.4, 0.5) is 0 Å². The number of hydrogen-bond acceptors (Lipinski definition) is 2. The molecule has 0 bridgehead atoms. The number of fused-ring (bicyclic) bond motifs is 22. The van der Waals surface area contributed by atoms with Crippen LogP contribution in [-0.4, -0.2) is 28.7 Å². The number of rotatable bonds is 5. The highest BCUT2D eigenvalue weighted by molar-refractivity contribution is 6.31. The number of para-hydroxylation sites is 4. The van der Waals surface area contributed by atoms with Gasteiger partial charge in [-0.15, -0.1) is 0 Å². The summed E-state index contributed by atoms with van der Waals surface area (Å²) in [4.78, 5) is 13.3. The molecular formula is C98H59ClN6. The van der Waals surface area contributed by atoms with E-state index in [4.69, 9.17) is 16.6 Å². The minimum Gasteiger partial charge on any atom is -0.355 e. The van der Waals surface area contributed by atoms with Crippen molar-refractivity contribution in [3.8, 4) is 84.0 Å². The first-order valence-corrected chi connectivity index (χ1v) is 36.2. The summed E-state index contributed by atoms with van der Waals surface area (Å²) in [5, 5.41) is 18.2. The number of H-pyrrole nitrogens is 1. The lowest BCUT2D eigenvalue weighted by Crippen LogP contribution is -1.98. The van der Waals surface area contributed by atoms with Gasteiger partial charge < -0.3 is 14.1 Å². The van der Waals surface area contributed by atoms with E-state index in [0.717, 1.165) is 27.9 Å². The number of aromatic nitrogens is 6. The summed E-state index contributed by atoms with van der Waals surface area (Å²) >= 11 is 6.08. The molecule has 7 heteroatoms. The minimum absolute atomic E-state index is 0.557. The van der Waals surface area contributed by atoms with Crippen LogP contribution in [0.25, 0.3) is 215 Å². The van der Waals surface area contributed by atoms with Crippen LogP contribution in [0.2, 0.25) is 5.15 Å². The second kappa shape index (κ2) is 23.2. The smallest absolute Gasteiger partial charge is 0.138 e. The summed E-state index contributed by atoms with van der Waals surface area (Å²) in [6, 6.07) is 127. The molecule has 0 saturated heterocycles. The van der Waals surface area contributed by atoms with Gasteiger partial charge in [-0.2, -0.15) is 0 Å². The number of pyridine rings is 2. The third-order valence-corrected chi connectivity index (χ3v) is 22.2. The van der Waals surface area contributed by atoms with Crippen molar-refractivity contribution in [2.45, 2.75) is 0 Å². The van der Waals surface area contributed by atoms with Crippen LogP contribution in [0.3, 0.4) is 0 Å². The highest BCUT2D eigenvalue weighted by Gasteiger charge is 2.26. The molecule has 6 nitrogen and oxygen atoms in total. The van der Waals surface area contributed by atoms with Gasteiger partial charge in [-0.05, 0) is 210 Å². The Balaban J connectivity index is 0.000000112. The number of halogens is 1. The van der Waals surface area contributed by atoms with Crippen LogP contribution < -0.4 is 0 Å². The number of benzene rings is 16. The van der Waals surface area contributed by atoms with E-state index >= 15 is 0 Å². The van der Waals surface area contributed by atoms with Crippen LogP contribution in [0.1, 0.15) is 0 Å². The lowest BCUT2D eigenvalue weighted by molar-refractivity contribution is 1.10. The predicted molar refractivity (Wildman–Crippen MR) is 442 cm³/mol. The number of aromatic amines is 1. The molecule has 105 heavy (non-hydrogen) atoms. The van der Waals surface area contributed by atoms with Crippen molar-refractivity contribution in [2.24, 2.45) is 0 Å². The van der Waals surface area contributed by atoms with Gasteiger partial charge in [-0.3, -0.25) is 4.57 Å². The lowest BCUT2D eigenvalue weighted by Gasteiger charge is -2.11. The molecule has 24 rings (SSSR count). The first kappa shape index (κ1) is 59.1. The fraction of sp³-hybridized carbons (Fsp3) is 0. The monoisotopic (exact) mass is 1350 g/mol. The normalized spacial score (nSPS) is 12.0. The van der Waals surface area contributed by atoms with E-state index in [1.165, 1.54) is 187 Å². The second-order valence-corrected chi connectivity index (χ2v) is 28.1. The largest absolute Gasteiger partial charge is 0.355 e. The molecule has 1 N–H and O–H groups in total. The summed E-state index contributed by atoms with van der Waals surface area (Å²) in [5.41, 5.74) is 28.8. The van der Waals surface area contributed by atoms with Crippen molar-refractivity contribution >= 4 is 142 Å². The maximum absolute atomic E-state index is 6.08. The molecule has 0 fully saturated rings. The van der Waals surface area contributed by atoms with Gasteiger partial charge in [0.2, 0.25) is 0 Å². The summed E-state index contributed by atoms with van der Waals surface area (Å²) in [6.07, 6.45) is 0. The van der Waals surface area contributed by atoms with Crippen LogP contribution in [0.5, 0.6) is 0 Å². The summed E-state index contributed by atoms with van der Waals surface area (Å²) in [6.45, 7) is 0. The zero-order chi connectivity index (χ0) is 69.0. The van der Waals surface area contributed by atoms with Crippen molar-refractivity contribution in [1.29, 1.82) is 0 Å². The molecule has 0 aliphatic heterocycles. The van der Waals surface area contributed by atoms with E-state index in [1.807, 2.05) is 18.2 Å². The van der Waals surface area contributed by atoms with Gasteiger partial charge in [0.05, 0.1) is 44.1 Å². The summed E-state index contributed by atoms with van der Waals surface area (Å²) in [7, 11) is 0.